The first kappa shape index (κ1) is 20.8. The highest BCUT2D eigenvalue weighted by atomic mass is 16.5. The number of hydrazine groups is 1. The quantitative estimate of drug-likeness (QED) is 0.490. The number of nitrogens with one attached hydrogen (secondary N) is 2. The van der Waals surface area contributed by atoms with Crippen LogP contribution in [-0.4, -0.2) is 23.9 Å². The predicted octanol–water partition coefficient (Wildman–Crippen LogP) is 3.21. The predicted molar refractivity (Wildman–Crippen MR) is 112 cm³/mol. The highest BCUT2D eigenvalue weighted by molar-refractivity contribution is 5.96. The first-order valence-corrected chi connectivity index (χ1v) is 9.52. The summed E-state index contributed by atoms with van der Waals surface area (Å²) in [5.74, 6) is -2.31. The van der Waals surface area contributed by atoms with Crippen LogP contribution in [0.1, 0.15) is 34.3 Å². The van der Waals surface area contributed by atoms with Gasteiger partial charge in [-0.15, -0.1) is 0 Å². The second-order valence-electron chi connectivity index (χ2n) is 6.64. The van der Waals surface area contributed by atoms with Crippen LogP contribution in [0.3, 0.4) is 0 Å². The molecule has 0 aliphatic heterocycles. The summed E-state index contributed by atoms with van der Waals surface area (Å²) >= 11 is 0. The smallest absolute Gasteiger partial charge is 0.318 e. The van der Waals surface area contributed by atoms with E-state index in [1.165, 1.54) is 6.92 Å². The maximum Gasteiger partial charge on any atom is 0.318 e. The number of ether oxygens (including phenoxy) is 1. The molecule has 3 aromatic rings. The molecule has 6 heteroatoms. The van der Waals surface area contributed by atoms with E-state index in [2.05, 4.69) is 10.9 Å². The van der Waals surface area contributed by atoms with Crippen LogP contribution in [0.2, 0.25) is 0 Å². The number of hydrogen-bond acceptors (Lipinski definition) is 4. The van der Waals surface area contributed by atoms with Gasteiger partial charge in [-0.1, -0.05) is 78.9 Å². The van der Waals surface area contributed by atoms with Crippen molar-refractivity contribution >= 4 is 17.8 Å². The van der Waals surface area contributed by atoms with Crippen LogP contribution in [0.5, 0.6) is 0 Å². The van der Waals surface area contributed by atoms with Crippen LogP contribution in [0.25, 0.3) is 0 Å². The topological polar surface area (TPSA) is 84.5 Å². The van der Waals surface area contributed by atoms with Crippen molar-refractivity contribution in [3.63, 3.8) is 0 Å². The number of benzene rings is 3. The van der Waals surface area contributed by atoms with Crippen molar-refractivity contribution in [1.82, 2.24) is 10.9 Å². The summed E-state index contributed by atoms with van der Waals surface area (Å²) in [4.78, 5) is 37.3. The second kappa shape index (κ2) is 10.0. The van der Waals surface area contributed by atoms with Crippen molar-refractivity contribution in [1.29, 1.82) is 0 Å². The fraction of sp³-hybridized carbons (Fsp3) is 0.125. The SMILES string of the molecule is C[C@H](OC(=O)C(c1ccccc1)c1ccccc1)C(=O)NNC(=O)c1ccccc1. The molecular weight excluding hydrogens is 380 g/mol. The van der Waals surface area contributed by atoms with Crippen LogP contribution in [-0.2, 0) is 14.3 Å². The van der Waals surface area contributed by atoms with Crippen LogP contribution in [0.4, 0.5) is 0 Å². The average Bonchev–Trinajstić information content (AvgIpc) is 2.79. The molecule has 1 atom stereocenters. The zero-order valence-corrected chi connectivity index (χ0v) is 16.4. The van der Waals surface area contributed by atoms with Crippen LogP contribution < -0.4 is 10.9 Å². The lowest BCUT2D eigenvalue weighted by Gasteiger charge is -2.20. The molecule has 0 bridgehead atoms. The van der Waals surface area contributed by atoms with Gasteiger partial charge in [-0.3, -0.25) is 25.2 Å². The lowest BCUT2D eigenvalue weighted by molar-refractivity contribution is -0.155. The molecule has 152 valence electrons. The van der Waals surface area contributed by atoms with Crippen molar-refractivity contribution in [2.75, 3.05) is 0 Å². The van der Waals surface area contributed by atoms with E-state index in [0.717, 1.165) is 11.1 Å². The first-order valence-electron chi connectivity index (χ1n) is 9.52. The third kappa shape index (κ3) is 5.32. The number of esters is 1. The highest BCUT2D eigenvalue weighted by Gasteiger charge is 2.28. The zero-order chi connectivity index (χ0) is 21.3. The molecule has 0 saturated carbocycles. The maximum absolute atomic E-state index is 12.9. The van der Waals surface area contributed by atoms with Crippen molar-refractivity contribution < 1.29 is 19.1 Å². The van der Waals surface area contributed by atoms with Gasteiger partial charge in [0.05, 0.1) is 0 Å². The first-order chi connectivity index (χ1) is 14.6. The summed E-state index contributed by atoms with van der Waals surface area (Å²) in [5, 5.41) is 0. The minimum atomic E-state index is -1.09. The van der Waals surface area contributed by atoms with Crippen molar-refractivity contribution in [3.05, 3.63) is 108 Å². The maximum atomic E-state index is 12.9. The number of rotatable bonds is 6. The molecule has 6 nitrogen and oxygen atoms in total. The summed E-state index contributed by atoms with van der Waals surface area (Å²) in [7, 11) is 0. The fourth-order valence-corrected chi connectivity index (χ4v) is 2.93. The molecular formula is C24H22N2O4. The van der Waals surface area contributed by atoms with E-state index in [0.29, 0.717) is 5.56 Å². The Hall–Kier alpha value is -3.93. The molecule has 0 spiro atoms. The molecule has 0 radical (unpaired) electrons. The van der Waals surface area contributed by atoms with E-state index in [1.807, 2.05) is 60.7 Å². The normalized spacial score (nSPS) is 11.4. The van der Waals surface area contributed by atoms with E-state index in [9.17, 15) is 14.4 Å². The van der Waals surface area contributed by atoms with Crippen LogP contribution in [0, 0.1) is 0 Å². The van der Waals surface area contributed by atoms with E-state index < -0.39 is 29.8 Å². The molecule has 3 aromatic carbocycles. The standard InChI is InChI=1S/C24H22N2O4/c1-17(22(27)25-26-23(28)20-15-9-4-10-16-20)30-24(29)21(18-11-5-2-6-12-18)19-13-7-3-8-14-19/h2-17,21H,1H3,(H,25,27)(H,26,28)/t17-/m0/s1. The van der Waals surface area contributed by atoms with Gasteiger partial charge in [0.2, 0.25) is 0 Å². The molecule has 0 aromatic heterocycles. The molecule has 30 heavy (non-hydrogen) atoms. The third-order valence-corrected chi connectivity index (χ3v) is 4.50. The van der Waals surface area contributed by atoms with Gasteiger partial charge in [0.1, 0.15) is 5.92 Å². The molecule has 0 saturated heterocycles. The van der Waals surface area contributed by atoms with Gasteiger partial charge in [0.15, 0.2) is 6.10 Å². The Bertz CT molecular complexity index is 952. The minimum Gasteiger partial charge on any atom is -0.452 e. The van der Waals surface area contributed by atoms with Crippen molar-refractivity contribution in [3.8, 4) is 0 Å². The number of amides is 2. The molecule has 0 aliphatic rings. The molecule has 3 rings (SSSR count). The van der Waals surface area contributed by atoms with E-state index in [-0.39, 0.29) is 0 Å². The summed E-state index contributed by atoms with van der Waals surface area (Å²) in [5.41, 5.74) is 6.53. The van der Waals surface area contributed by atoms with Crippen molar-refractivity contribution in [2.24, 2.45) is 0 Å². The van der Waals surface area contributed by atoms with Gasteiger partial charge in [-0.05, 0) is 30.2 Å². The van der Waals surface area contributed by atoms with Gasteiger partial charge >= 0.3 is 5.97 Å². The Morgan fingerprint density at radius 1 is 0.700 bits per heavy atom. The summed E-state index contributed by atoms with van der Waals surface area (Å²) in [6, 6.07) is 26.9. The Labute approximate surface area is 174 Å². The van der Waals surface area contributed by atoms with Crippen molar-refractivity contribution in [2.45, 2.75) is 18.9 Å². The second-order valence-corrected chi connectivity index (χ2v) is 6.64. The molecule has 0 heterocycles. The lowest BCUT2D eigenvalue weighted by Crippen LogP contribution is -2.47. The van der Waals surface area contributed by atoms with E-state index in [1.54, 1.807) is 30.3 Å². The summed E-state index contributed by atoms with van der Waals surface area (Å²) in [6.07, 6.45) is -1.09. The molecule has 0 unspecified atom stereocenters. The molecule has 0 fully saturated rings. The van der Waals surface area contributed by atoms with Gasteiger partial charge in [0, 0.05) is 5.56 Å². The molecule has 2 amide bonds. The highest BCUT2D eigenvalue weighted by Crippen LogP contribution is 2.26. The lowest BCUT2D eigenvalue weighted by atomic mass is 9.91. The van der Waals surface area contributed by atoms with Gasteiger partial charge in [-0.25, -0.2) is 0 Å². The van der Waals surface area contributed by atoms with E-state index >= 15 is 0 Å². The number of carbonyl (C=O) groups excluding carboxylic acids is 3. The Balaban J connectivity index is 1.65. The summed E-state index contributed by atoms with van der Waals surface area (Å²) < 4.78 is 5.42. The Kier molecular flexibility index (Phi) is 6.95. The van der Waals surface area contributed by atoms with Gasteiger partial charge < -0.3 is 4.74 Å². The average molecular weight is 402 g/mol. The fourth-order valence-electron chi connectivity index (χ4n) is 2.93. The summed E-state index contributed by atoms with van der Waals surface area (Å²) in [6.45, 7) is 1.45. The Morgan fingerprint density at radius 3 is 1.67 bits per heavy atom. The van der Waals surface area contributed by atoms with E-state index in [4.69, 9.17) is 4.74 Å². The molecule has 0 aliphatic carbocycles. The van der Waals surface area contributed by atoms with Crippen LogP contribution >= 0.6 is 0 Å². The van der Waals surface area contributed by atoms with Gasteiger partial charge in [0.25, 0.3) is 11.8 Å². The molecule has 2 N–H and O–H groups in total. The minimum absolute atomic E-state index is 0.399. The number of carbonyl (C=O) groups is 3. The monoisotopic (exact) mass is 402 g/mol. The zero-order valence-electron chi connectivity index (χ0n) is 16.4. The largest absolute Gasteiger partial charge is 0.452 e. The third-order valence-electron chi connectivity index (χ3n) is 4.50. The van der Waals surface area contributed by atoms with Crippen LogP contribution in [0.15, 0.2) is 91.0 Å². The Morgan fingerprint density at radius 2 is 1.17 bits per heavy atom. The van der Waals surface area contributed by atoms with Gasteiger partial charge in [-0.2, -0.15) is 0 Å². The number of hydrogen-bond donors (Lipinski definition) is 2.